The van der Waals surface area contributed by atoms with Gasteiger partial charge in [0, 0.05) is 5.69 Å². The van der Waals surface area contributed by atoms with Crippen LogP contribution in [0.4, 0.5) is 5.69 Å². The van der Waals surface area contributed by atoms with Crippen molar-refractivity contribution in [1.29, 1.82) is 0 Å². The fourth-order valence-corrected chi connectivity index (χ4v) is 4.25. The van der Waals surface area contributed by atoms with Gasteiger partial charge >= 0.3 is 0 Å². The molecule has 3 rings (SSSR count). The standard InChI is InChI=1S/C18H18N4O3S2/c1-13-8-10-16(11-9-13)27(24,25)21-18-22(20-14(2)26-18)12-17(23)19-15-6-4-3-5-7-15/h3-11H,12H2,1-2H3,(H,19,23). The van der Waals surface area contributed by atoms with Crippen molar-refractivity contribution in [1.82, 2.24) is 9.78 Å². The number of anilines is 1. The van der Waals surface area contributed by atoms with Crippen LogP contribution < -0.4 is 10.1 Å². The van der Waals surface area contributed by atoms with Gasteiger partial charge in [0.25, 0.3) is 10.0 Å². The molecule has 9 heteroatoms. The molecule has 0 aliphatic carbocycles. The Morgan fingerprint density at radius 3 is 2.44 bits per heavy atom. The fourth-order valence-electron chi connectivity index (χ4n) is 2.31. The van der Waals surface area contributed by atoms with E-state index in [-0.39, 0.29) is 22.1 Å². The number of aryl methyl sites for hydroxylation is 2. The van der Waals surface area contributed by atoms with E-state index in [0.717, 1.165) is 16.9 Å². The predicted molar refractivity (Wildman–Crippen MR) is 104 cm³/mol. The van der Waals surface area contributed by atoms with Crippen LogP contribution in [0, 0.1) is 13.8 Å². The number of carbonyl (C=O) groups is 1. The maximum Gasteiger partial charge on any atom is 0.285 e. The Bertz CT molecular complexity index is 1120. The summed E-state index contributed by atoms with van der Waals surface area (Å²) in [5, 5.41) is 7.55. The second kappa shape index (κ2) is 7.85. The number of hydrogen-bond acceptors (Lipinski definition) is 5. The first-order valence-corrected chi connectivity index (χ1v) is 10.4. The van der Waals surface area contributed by atoms with Gasteiger partial charge in [0.1, 0.15) is 11.6 Å². The molecular formula is C18H18N4O3S2. The lowest BCUT2D eigenvalue weighted by Gasteiger charge is -2.05. The molecule has 1 heterocycles. The highest BCUT2D eigenvalue weighted by Crippen LogP contribution is 2.13. The van der Waals surface area contributed by atoms with Gasteiger partial charge in [-0.25, -0.2) is 4.68 Å². The van der Waals surface area contributed by atoms with E-state index in [2.05, 4.69) is 14.8 Å². The summed E-state index contributed by atoms with van der Waals surface area (Å²) in [6.45, 7) is 3.47. The average Bonchev–Trinajstić information content (AvgIpc) is 2.94. The molecule has 0 fully saturated rings. The summed E-state index contributed by atoms with van der Waals surface area (Å²) >= 11 is 1.11. The SMILES string of the molecule is Cc1ccc(S(=O)(=O)N=c2sc(C)nn2CC(=O)Nc2ccccc2)cc1. The zero-order valence-corrected chi connectivity index (χ0v) is 16.4. The molecule has 0 bridgehead atoms. The molecule has 1 aromatic heterocycles. The van der Waals surface area contributed by atoms with Gasteiger partial charge in [-0.15, -0.1) is 4.40 Å². The Kier molecular flexibility index (Phi) is 5.52. The highest BCUT2D eigenvalue weighted by molar-refractivity contribution is 7.90. The second-order valence-corrected chi connectivity index (χ2v) is 8.62. The zero-order valence-electron chi connectivity index (χ0n) is 14.8. The third kappa shape index (κ3) is 4.89. The van der Waals surface area contributed by atoms with E-state index >= 15 is 0 Å². The van der Waals surface area contributed by atoms with Gasteiger partial charge in [-0.3, -0.25) is 4.79 Å². The maximum absolute atomic E-state index is 12.5. The summed E-state index contributed by atoms with van der Waals surface area (Å²) < 4.78 is 30.3. The van der Waals surface area contributed by atoms with Crippen LogP contribution in [-0.4, -0.2) is 24.1 Å². The third-order valence-electron chi connectivity index (χ3n) is 3.59. The second-order valence-electron chi connectivity index (χ2n) is 5.85. The molecule has 0 unspecified atom stereocenters. The number of benzene rings is 2. The van der Waals surface area contributed by atoms with E-state index in [9.17, 15) is 13.2 Å². The van der Waals surface area contributed by atoms with Crippen molar-refractivity contribution in [3.63, 3.8) is 0 Å². The zero-order chi connectivity index (χ0) is 19.4. The van der Waals surface area contributed by atoms with Gasteiger partial charge in [-0.1, -0.05) is 47.2 Å². The Balaban J connectivity index is 1.88. The number of rotatable bonds is 5. The summed E-state index contributed by atoms with van der Waals surface area (Å²) in [5.74, 6) is -0.319. The number of amides is 1. The lowest BCUT2D eigenvalue weighted by Crippen LogP contribution is -2.27. The van der Waals surface area contributed by atoms with Crippen LogP contribution >= 0.6 is 11.3 Å². The molecule has 140 valence electrons. The highest BCUT2D eigenvalue weighted by Gasteiger charge is 2.15. The van der Waals surface area contributed by atoms with Gasteiger partial charge in [0.15, 0.2) is 0 Å². The molecule has 0 atom stereocenters. The van der Waals surface area contributed by atoms with E-state index in [4.69, 9.17) is 0 Å². The average molecular weight is 403 g/mol. The summed E-state index contributed by atoms with van der Waals surface area (Å²) in [5.41, 5.74) is 1.61. The van der Waals surface area contributed by atoms with Crippen LogP contribution in [0.25, 0.3) is 0 Å². The summed E-state index contributed by atoms with van der Waals surface area (Å²) in [6, 6.07) is 15.4. The first-order valence-electron chi connectivity index (χ1n) is 8.11. The highest BCUT2D eigenvalue weighted by atomic mass is 32.2. The summed E-state index contributed by atoms with van der Waals surface area (Å²) in [7, 11) is -3.89. The molecule has 27 heavy (non-hydrogen) atoms. The molecule has 0 spiro atoms. The van der Waals surface area contributed by atoms with E-state index < -0.39 is 10.0 Å². The number of nitrogens with one attached hydrogen (secondary N) is 1. The molecule has 0 saturated heterocycles. The number of carbonyl (C=O) groups excluding carboxylic acids is 1. The van der Waals surface area contributed by atoms with Gasteiger partial charge in [-0.05, 0) is 38.1 Å². The van der Waals surface area contributed by atoms with E-state index in [1.807, 2.05) is 25.1 Å². The lowest BCUT2D eigenvalue weighted by atomic mass is 10.2. The van der Waals surface area contributed by atoms with Crippen LogP contribution in [0.3, 0.4) is 0 Å². The van der Waals surface area contributed by atoms with E-state index in [1.54, 1.807) is 31.2 Å². The van der Waals surface area contributed by atoms with Crippen molar-refractivity contribution in [2.75, 3.05) is 5.32 Å². The van der Waals surface area contributed by atoms with Gasteiger partial charge in [0.2, 0.25) is 10.7 Å². The maximum atomic E-state index is 12.5. The lowest BCUT2D eigenvalue weighted by molar-refractivity contribution is -0.117. The van der Waals surface area contributed by atoms with E-state index in [0.29, 0.717) is 10.7 Å². The van der Waals surface area contributed by atoms with Gasteiger partial charge in [-0.2, -0.15) is 13.5 Å². The molecule has 0 aliphatic rings. The number of para-hydroxylation sites is 1. The Morgan fingerprint density at radius 2 is 1.78 bits per heavy atom. The van der Waals surface area contributed by atoms with Crippen LogP contribution in [0.1, 0.15) is 10.6 Å². The predicted octanol–water partition coefficient (Wildman–Crippen LogP) is 2.49. The number of hydrogen-bond donors (Lipinski definition) is 1. The minimum atomic E-state index is -3.89. The van der Waals surface area contributed by atoms with Gasteiger partial charge in [0.05, 0.1) is 4.90 Å². The molecule has 0 aliphatic heterocycles. The van der Waals surface area contributed by atoms with Crippen LogP contribution in [0.15, 0.2) is 63.9 Å². The fraction of sp³-hybridized carbons (Fsp3) is 0.167. The van der Waals surface area contributed by atoms with Crippen molar-refractivity contribution in [3.8, 4) is 0 Å². The smallest absolute Gasteiger partial charge is 0.285 e. The third-order valence-corrected chi connectivity index (χ3v) is 5.85. The quantitative estimate of drug-likeness (QED) is 0.709. The first kappa shape index (κ1) is 19.0. The minimum absolute atomic E-state index is 0.0967. The molecular weight excluding hydrogens is 384 g/mol. The van der Waals surface area contributed by atoms with Crippen molar-refractivity contribution < 1.29 is 13.2 Å². The monoisotopic (exact) mass is 402 g/mol. The topological polar surface area (TPSA) is 93.4 Å². The van der Waals surface area contributed by atoms with Crippen LogP contribution in [-0.2, 0) is 21.4 Å². The molecule has 1 N–H and O–H groups in total. The minimum Gasteiger partial charge on any atom is -0.324 e. The van der Waals surface area contributed by atoms with Crippen LogP contribution in [0.2, 0.25) is 0 Å². The van der Waals surface area contributed by atoms with Crippen molar-refractivity contribution >= 4 is 33.0 Å². The largest absolute Gasteiger partial charge is 0.324 e. The molecule has 1 amide bonds. The van der Waals surface area contributed by atoms with Crippen molar-refractivity contribution in [2.24, 2.45) is 4.40 Å². The summed E-state index contributed by atoms with van der Waals surface area (Å²) in [4.78, 5) is 12.5. The summed E-state index contributed by atoms with van der Waals surface area (Å²) in [6.07, 6.45) is 0. The number of sulfonamides is 1. The van der Waals surface area contributed by atoms with Gasteiger partial charge < -0.3 is 5.32 Å². The first-order chi connectivity index (χ1) is 12.8. The Hall–Kier alpha value is -2.78. The number of aromatic nitrogens is 2. The molecule has 0 radical (unpaired) electrons. The Labute approximate surface area is 161 Å². The molecule has 0 saturated carbocycles. The molecule has 7 nitrogen and oxygen atoms in total. The van der Waals surface area contributed by atoms with Crippen molar-refractivity contribution in [3.05, 3.63) is 70.0 Å². The number of nitrogens with zero attached hydrogens (tertiary/aromatic N) is 3. The van der Waals surface area contributed by atoms with Crippen molar-refractivity contribution in [2.45, 2.75) is 25.3 Å². The molecule has 3 aromatic rings. The molecule has 2 aromatic carbocycles. The Morgan fingerprint density at radius 1 is 1.11 bits per heavy atom. The van der Waals surface area contributed by atoms with Crippen LogP contribution in [0.5, 0.6) is 0 Å². The normalized spacial score (nSPS) is 12.1. The van der Waals surface area contributed by atoms with E-state index in [1.165, 1.54) is 16.8 Å².